The molecule has 1 heterocycles. The molecule has 0 unspecified atom stereocenters. The average molecular weight is 426 g/mol. The van der Waals surface area contributed by atoms with Crippen LogP contribution >= 0.6 is 11.8 Å². The molecule has 0 aliphatic carbocycles. The summed E-state index contributed by atoms with van der Waals surface area (Å²) in [5.74, 6) is -0.130. The molecule has 3 rings (SSSR count). The quantitative estimate of drug-likeness (QED) is 0.317. The van der Waals surface area contributed by atoms with Crippen molar-refractivity contribution in [1.29, 1.82) is 0 Å². The molecule has 1 amide bonds. The molecule has 1 atom stereocenters. The fourth-order valence-electron chi connectivity index (χ4n) is 3.08. The number of fused-ring (bicyclic) bond motifs is 1. The highest BCUT2D eigenvalue weighted by molar-refractivity contribution is 8.00. The predicted octanol–water partition coefficient (Wildman–Crippen LogP) is 4.11. The van der Waals surface area contributed by atoms with E-state index in [-0.39, 0.29) is 11.5 Å². The summed E-state index contributed by atoms with van der Waals surface area (Å²) < 4.78 is 6.77. The molecular weight excluding hydrogens is 398 g/mol. The van der Waals surface area contributed by atoms with Crippen molar-refractivity contribution in [3.05, 3.63) is 64.4 Å². The van der Waals surface area contributed by atoms with Gasteiger partial charge in [0.25, 0.3) is 5.56 Å². The number of aromatic nitrogens is 2. The van der Waals surface area contributed by atoms with Gasteiger partial charge in [0, 0.05) is 25.9 Å². The summed E-state index contributed by atoms with van der Waals surface area (Å²) in [6.07, 6.45) is 1.64. The Balaban J connectivity index is 1.82. The van der Waals surface area contributed by atoms with E-state index >= 15 is 0 Å². The van der Waals surface area contributed by atoms with Crippen LogP contribution in [0, 0.1) is 0 Å². The van der Waals surface area contributed by atoms with Crippen molar-refractivity contribution in [2.75, 3.05) is 19.0 Å². The number of nitrogens with zero attached hydrogens (tertiary/aromatic N) is 2. The number of aryl methyl sites for hydroxylation is 1. The van der Waals surface area contributed by atoms with Crippen molar-refractivity contribution >= 4 is 34.3 Å². The summed E-state index contributed by atoms with van der Waals surface area (Å²) >= 11 is 1.29. The van der Waals surface area contributed by atoms with Crippen LogP contribution in [0.25, 0.3) is 10.9 Å². The lowest BCUT2D eigenvalue weighted by molar-refractivity contribution is -0.115. The minimum Gasteiger partial charge on any atom is -0.385 e. The van der Waals surface area contributed by atoms with Gasteiger partial charge in [-0.2, -0.15) is 0 Å². The number of carbonyl (C=O) groups excluding carboxylic acids is 1. The fraction of sp³-hybridized carbons (Fsp3) is 0.348. The Hall–Kier alpha value is -2.64. The smallest absolute Gasteiger partial charge is 0.262 e. The van der Waals surface area contributed by atoms with Gasteiger partial charge in [-0.25, -0.2) is 4.98 Å². The van der Waals surface area contributed by atoms with E-state index in [1.54, 1.807) is 17.7 Å². The molecule has 30 heavy (non-hydrogen) atoms. The lowest BCUT2D eigenvalue weighted by atomic mass is 10.1. The number of hydrogen-bond acceptors (Lipinski definition) is 5. The Kier molecular flexibility index (Phi) is 7.65. The van der Waals surface area contributed by atoms with Gasteiger partial charge < -0.3 is 10.1 Å². The first-order valence-electron chi connectivity index (χ1n) is 10.1. The number of methoxy groups -OCH3 is 1. The van der Waals surface area contributed by atoms with Crippen molar-refractivity contribution in [2.24, 2.45) is 0 Å². The van der Waals surface area contributed by atoms with Crippen LogP contribution in [0.1, 0.15) is 25.8 Å². The van der Waals surface area contributed by atoms with E-state index in [1.807, 2.05) is 49.4 Å². The van der Waals surface area contributed by atoms with Crippen molar-refractivity contribution < 1.29 is 9.53 Å². The molecule has 2 aromatic carbocycles. The second-order valence-electron chi connectivity index (χ2n) is 7.01. The maximum absolute atomic E-state index is 13.0. The second kappa shape index (κ2) is 10.4. The first-order valence-corrected chi connectivity index (χ1v) is 11.0. The zero-order valence-corrected chi connectivity index (χ0v) is 18.4. The number of hydrogen-bond donors (Lipinski definition) is 1. The molecule has 7 heteroatoms. The molecule has 1 aromatic heterocycles. The molecule has 158 valence electrons. The van der Waals surface area contributed by atoms with Crippen LogP contribution in [-0.4, -0.2) is 34.4 Å². The summed E-state index contributed by atoms with van der Waals surface area (Å²) in [6.45, 7) is 4.95. The molecule has 0 spiro atoms. The van der Waals surface area contributed by atoms with Gasteiger partial charge in [-0.15, -0.1) is 0 Å². The maximum Gasteiger partial charge on any atom is 0.262 e. The Morgan fingerprint density at radius 2 is 1.93 bits per heavy atom. The Morgan fingerprint density at radius 1 is 1.20 bits per heavy atom. The number of benzene rings is 2. The van der Waals surface area contributed by atoms with Gasteiger partial charge in [-0.05, 0) is 49.6 Å². The third-order valence-electron chi connectivity index (χ3n) is 4.84. The van der Waals surface area contributed by atoms with Gasteiger partial charge >= 0.3 is 0 Å². The molecule has 3 aromatic rings. The third-order valence-corrected chi connectivity index (χ3v) is 5.93. The zero-order valence-electron chi connectivity index (χ0n) is 17.6. The summed E-state index contributed by atoms with van der Waals surface area (Å²) in [7, 11) is 1.64. The molecule has 0 aliphatic heterocycles. The lowest BCUT2D eigenvalue weighted by Gasteiger charge is -2.16. The number of carbonyl (C=O) groups is 1. The highest BCUT2D eigenvalue weighted by Gasteiger charge is 2.19. The fourth-order valence-corrected chi connectivity index (χ4v) is 4.02. The molecule has 0 saturated carbocycles. The SMILES string of the molecule is CCc1ccc(NC(=O)[C@H](C)Sc2nc3ccccc3c(=O)n2CCCOC)cc1. The van der Waals surface area contributed by atoms with Gasteiger partial charge in [0.2, 0.25) is 5.91 Å². The first-order chi connectivity index (χ1) is 14.5. The van der Waals surface area contributed by atoms with Gasteiger partial charge in [-0.1, -0.05) is 43.0 Å². The van der Waals surface area contributed by atoms with Crippen LogP contribution in [0.5, 0.6) is 0 Å². The molecular formula is C23H27N3O3S. The van der Waals surface area contributed by atoms with E-state index in [1.165, 1.54) is 17.3 Å². The molecule has 0 bridgehead atoms. The number of thioether (sulfide) groups is 1. The first kappa shape index (κ1) is 22.1. The van der Waals surface area contributed by atoms with Crippen LogP contribution in [0.3, 0.4) is 0 Å². The molecule has 6 nitrogen and oxygen atoms in total. The van der Waals surface area contributed by atoms with Crippen LogP contribution in [0.15, 0.2) is 58.5 Å². The number of para-hydroxylation sites is 1. The van der Waals surface area contributed by atoms with E-state index in [0.29, 0.717) is 35.6 Å². The van der Waals surface area contributed by atoms with Crippen molar-refractivity contribution in [2.45, 2.75) is 43.6 Å². The number of rotatable bonds is 9. The zero-order chi connectivity index (χ0) is 21.5. The number of amides is 1. The monoisotopic (exact) mass is 425 g/mol. The molecule has 0 fully saturated rings. The van der Waals surface area contributed by atoms with Crippen molar-refractivity contribution in [3.8, 4) is 0 Å². The van der Waals surface area contributed by atoms with Crippen molar-refractivity contribution in [3.63, 3.8) is 0 Å². The Labute approximate surface area is 180 Å². The second-order valence-corrected chi connectivity index (χ2v) is 8.32. The number of anilines is 1. The van der Waals surface area contributed by atoms with E-state index in [4.69, 9.17) is 4.74 Å². The largest absolute Gasteiger partial charge is 0.385 e. The standard InChI is InChI=1S/C23H27N3O3S/c1-4-17-10-12-18(13-11-17)24-21(27)16(2)30-23-25-20-9-6-5-8-19(20)22(28)26(23)14-7-15-29-3/h5-6,8-13,16H,4,7,14-15H2,1-3H3,(H,24,27)/t16-/m0/s1. The molecule has 1 N–H and O–H groups in total. The normalized spacial score (nSPS) is 12.1. The Bertz CT molecular complexity index is 1060. The minimum absolute atomic E-state index is 0.0954. The number of ether oxygens (including phenoxy) is 1. The molecule has 0 radical (unpaired) electrons. The molecule has 0 saturated heterocycles. The lowest BCUT2D eigenvalue weighted by Crippen LogP contribution is -2.27. The van der Waals surface area contributed by atoms with Crippen LogP contribution in [0.4, 0.5) is 5.69 Å². The summed E-state index contributed by atoms with van der Waals surface area (Å²) in [5, 5.41) is 3.64. The van der Waals surface area contributed by atoms with Gasteiger partial charge in [0.05, 0.1) is 16.2 Å². The van der Waals surface area contributed by atoms with Crippen LogP contribution in [-0.2, 0) is 22.5 Å². The third kappa shape index (κ3) is 5.29. The highest BCUT2D eigenvalue weighted by Crippen LogP contribution is 2.24. The van der Waals surface area contributed by atoms with Gasteiger partial charge in [0.15, 0.2) is 5.16 Å². The highest BCUT2D eigenvalue weighted by atomic mass is 32.2. The van der Waals surface area contributed by atoms with E-state index in [0.717, 1.165) is 12.1 Å². The van der Waals surface area contributed by atoms with Crippen LogP contribution in [0.2, 0.25) is 0 Å². The predicted molar refractivity (Wildman–Crippen MR) is 122 cm³/mol. The molecule has 0 aliphatic rings. The van der Waals surface area contributed by atoms with Crippen molar-refractivity contribution in [1.82, 2.24) is 9.55 Å². The Morgan fingerprint density at radius 3 is 2.63 bits per heavy atom. The topological polar surface area (TPSA) is 73.2 Å². The summed E-state index contributed by atoms with van der Waals surface area (Å²) in [4.78, 5) is 30.4. The van der Waals surface area contributed by atoms with E-state index in [2.05, 4.69) is 17.2 Å². The van der Waals surface area contributed by atoms with E-state index in [9.17, 15) is 9.59 Å². The maximum atomic E-state index is 13.0. The minimum atomic E-state index is -0.419. The number of nitrogens with one attached hydrogen (secondary N) is 1. The average Bonchev–Trinajstić information content (AvgIpc) is 2.76. The van der Waals surface area contributed by atoms with Crippen LogP contribution < -0.4 is 10.9 Å². The summed E-state index contributed by atoms with van der Waals surface area (Å²) in [5.41, 5.74) is 2.52. The van der Waals surface area contributed by atoms with Gasteiger partial charge in [0.1, 0.15) is 0 Å². The van der Waals surface area contributed by atoms with Gasteiger partial charge in [-0.3, -0.25) is 14.2 Å². The van der Waals surface area contributed by atoms with E-state index < -0.39 is 5.25 Å². The summed E-state index contributed by atoms with van der Waals surface area (Å²) in [6, 6.07) is 15.1.